The monoisotopic (exact) mass is 364 g/mol. The van der Waals surface area contributed by atoms with Crippen LogP contribution >= 0.6 is 0 Å². The quantitative estimate of drug-likeness (QED) is 0.641. The van der Waals surface area contributed by atoms with E-state index in [0.717, 1.165) is 13.1 Å². The van der Waals surface area contributed by atoms with Gasteiger partial charge in [-0.1, -0.05) is 13.8 Å². The van der Waals surface area contributed by atoms with Crippen molar-refractivity contribution in [3.8, 4) is 0 Å². The Kier molecular flexibility index (Phi) is 9.21. The maximum absolute atomic E-state index is 12.9. The summed E-state index contributed by atoms with van der Waals surface area (Å²) in [6.45, 7) is 10.1. The van der Waals surface area contributed by atoms with Crippen molar-refractivity contribution in [2.75, 3.05) is 11.9 Å². The fourth-order valence-corrected chi connectivity index (χ4v) is 2.20. The summed E-state index contributed by atoms with van der Waals surface area (Å²) in [7, 11) is -1.23. The molecule has 8 heteroatoms. The van der Waals surface area contributed by atoms with Gasteiger partial charge in [-0.25, -0.2) is 17.7 Å². The Hall–Kier alpha value is -1.41. The number of pyridine rings is 1. The molecule has 0 aliphatic heterocycles. The van der Waals surface area contributed by atoms with E-state index in [1.807, 2.05) is 34.6 Å². The Labute approximate surface area is 147 Å². The summed E-state index contributed by atoms with van der Waals surface area (Å²) >= 11 is 0. The molecule has 5 nitrogen and oxygen atoms in total. The molecule has 1 aromatic heterocycles. The summed E-state index contributed by atoms with van der Waals surface area (Å²) in [5.74, 6) is -2.84. The Balaban J connectivity index is 0. The standard InChI is InChI=1S/C14H22F2N4OS.C2H6.H2/c1-13(2,3)22(21)20-7-11-5-10(6-17)12(8-18-11)19-9-14(4,15)16;1-2;/h5-6,8,17,19-20H,7,9H2,1-4H3;1-2H3;1H/t22-;;/m1../s1. The molecule has 0 spiro atoms. The van der Waals surface area contributed by atoms with Crippen molar-refractivity contribution in [1.82, 2.24) is 9.71 Å². The lowest BCUT2D eigenvalue weighted by atomic mass is 10.2. The van der Waals surface area contributed by atoms with Gasteiger partial charge in [-0.15, -0.1) is 0 Å². The first-order valence-corrected chi connectivity index (χ1v) is 8.94. The molecule has 0 aliphatic carbocycles. The van der Waals surface area contributed by atoms with Gasteiger partial charge < -0.3 is 10.7 Å². The number of hydrogen-bond acceptors (Lipinski definition) is 4. The topological polar surface area (TPSA) is 77.9 Å². The number of aromatic nitrogens is 1. The molecule has 24 heavy (non-hydrogen) atoms. The van der Waals surface area contributed by atoms with Crippen LogP contribution in [0.1, 0.15) is 54.2 Å². The lowest BCUT2D eigenvalue weighted by Crippen LogP contribution is -2.33. The minimum Gasteiger partial charge on any atom is -0.377 e. The van der Waals surface area contributed by atoms with E-state index in [4.69, 9.17) is 5.41 Å². The molecular weight excluding hydrogens is 334 g/mol. The number of anilines is 1. The molecule has 0 amide bonds. The number of halogens is 2. The maximum atomic E-state index is 12.9. The molecule has 0 saturated carbocycles. The molecule has 1 aromatic rings. The number of alkyl halides is 2. The van der Waals surface area contributed by atoms with Gasteiger partial charge in [0.15, 0.2) is 0 Å². The second kappa shape index (κ2) is 9.78. The Morgan fingerprint density at radius 3 is 2.38 bits per heavy atom. The molecule has 1 heterocycles. The SMILES string of the molecule is CC.CC(F)(F)CNc1cnc(CN[S@](=O)C(C)(C)C)cc1C=N.[HH]. The smallest absolute Gasteiger partial charge is 0.262 e. The van der Waals surface area contributed by atoms with Gasteiger partial charge in [0, 0.05) is 20.1 Å². The largest absolute Gasteiger partial charge is 0.377 e. The van der Waals surface area contributed by atoms with Gasteiger partial charge in [0.1, 0.15) is 0 Å². The summed E-state index contributed by atoms with van der Waals surface area (Å²) in [5, 5.41) is 9.95. The highest BCUT2D eigenvalue weighted by Crippen LogP contribution is 2.18. The van der Waals surface area contributed by atoms with Gasteiger partial charge in [-0.05, 0) is 26.8 Å². The number of rotatable bonds is 7. The van der Waals surface area contributed by atoms with Gasteiger partial charge in [0.2, 0.25) is 0 Å². The highest BCUT2D eigenvalue weighted by molar-refractivity contribution is 7.84. The molecule has 0 unspecified atom stereocenters. The van der Waals surface area contributed by atoms with E-state index in [2.05, 4.69) is 15.0 Å². The Morgan fingerprint density at radius 2 is 1.92 bits per heavy atom. The third-order valence-electron chi connectivity index (χ3n) is 2.68. The van der Waals surface area contributed by atoms with Gasteiger partial charge in [0.25, 0.3) is 5.92 Å². The molecule has 0 fully saturated rings. The van der Waals surface area contributed by atoms with Crippen LogP contribution in [0, 0.1) is 5.41 Å². The van der Waals surface area contributed by atoms with E-state index in [0.29, 0.717) is 16.9 Å². The van der Waals surface area contributed by atoms with Crippen LogP contribution in [0.25, 0.3) is 0 Å². The average molecular weight is 365 g/mol. The van der Waals surface area contributed by atoms with Gasteiger partial charge in [0.05, 0.1) is 46.4 Å². The Bertz CT molecular complexity index is 560. The van der Waals surface area contributed by atoms with E-state index in [1.165, 1.54) is 6.20 Å². The van der Waals surface area contributed by atoms with Crippen LogP contribution in [0.2, 0.25) is 0 Å². The van der Waals surface area contributed by atoms with E-state index >= 15 is 0 Å². The van der Waals surface area contributed by atoms with Crippen LogP contribution in [-0.2, 0) is 17.5 Å². The predicted molar refractivity (Wildman–Crippen MR) is 99.4 cm³/mol. The molecule has 3 N–H and O–H groups in total. The first kappa shape index (κ1) is 22.6. The van der Waals surface area contributed by atoms with Crippen LogP contribution in [0.5, 0.6) is 0 Å². The van der Waals surface area contributed by atoms with Crippen molar-refractivity contribution < 1.29 is 14.4 Å². The molecule has 1 atom stereocenters. The van der Waals surface area contributed by atoms with Crippen molar-refractivity contribution in [3.05, 3.63) is 23.5 Å². The molecule has 0 aromatic carbocycles. The number of nitrogens with zero attached hydrogens (tertiary/aromatic N) is 1. The summed E-state index contributed by atoms with van der Waals surface area (Å²) in [6, 6.07) is 1.61. The lowest BCUT2D eigenvalue weighted by Gasteiger charge is -2.18. The third-order valence-corrected chi connectivity index (χ3v) is 4.20. The van der Waals surface area contributed by atoms with Crippen LogP contribution in [0.15, 0.2) is 12.3 Å². The van der Waals surface area contributed by atoms with Crippen molar-refractivity contribution in [2.45, 2.75) is 58.8 Å². The van der Waals surface area contributed by atoms with Gasteiger partial charge in [-0.3, -0.25) is 4.98 Å². The van der Waals surface area contributed by atoms with Crippen LogP contribution < -0.4 is 10.0 Å². The van der Waals surface area contributed by atoms with Crippen molar-refractivity contribution >= 4 is 22.9 Å². The zero-order valence-corrected chi connectivity index (χ0v) is 16.0. The number of hydrogen-bond donors (Lipinski definition) is 3. The molecule has 1 rings (SSSR count). The summed E-state index contributed by atoms with van der Waals surface area (Å²) < 4.78 is 40.1. The lowest BCUT2D eigenvalue weighted by molar-refractivity contribution is 0.0367. The summed E-state index contributed by atoms with van der Waals surface area (Å²) in [5.41, 5.74) is 1.42. The average Bonchev–Trinajstić information content (AvgIpc) is 2.51. The molecule has 0 saturated heterocycles. The minimum atomic E-state index is -2.84. The van der Waals surface area contributed by atoms with Crippen LogP contribution in [-0.4, -0.2) is 32.6 Å². The van der Waals surface area contributed by atoms with Gasteiger partial charge >= 0.3 is 0 Å². The number of nitrogens with one attached hydrogen (secondary N) is 3. The Morgan fingerprint density at radius 1 is 1.33 bits per heavy atom. The van der Waals surface area contributed by atoms with E-state index in [-0.39, 0.29) is 7.97 Å². The highest BCUT2D eigenvalue weighted by atomic mass is 32.2. The molecule has 0 bridgehead atoms. The van der Waals surface area contributed by atoms with Gasteiger partial charge in [-0.2, -0.15) is 0 Å². The van der Waals surface area contributed by atoms with E-state index in [9.17, 15) is 13.0 Å². The first-order chi connectivity index (χ1) is 11.0. The van der Waals surface area contributed by atoms with Crippen molar-refractivity contribution in [3.63, 3.8) is 0 Å². The predicted octanol–water partition coefficient (Wildman–Crippen LogP) is 3.97. The maximum Gasteiger partial charge on any atom is 0.262 e. The minimum absolute atomic E-state index is 0. The second-order valence-electron chi connectivity index (χ2n) is 6.03. The first-order valence-electron chi connectivity index (χ1n) is 7.79. The summed E-state index contributed by atoms with van der Waals surface area (Å²) in [4.78, 5) is 4.13. The molecule has 140 valence electrons. The second-order valence-corrected chi connectivity index (χ2v) is 8.08. The van der Waals surface area contributed by atoms with Crippen LogP contribution in [0.3, 0.4) is 0 Å². The molecule has 0 aliphatic rings. The van der Waals surface area contributed by atoms with Crippen molar-refractivity contribution in [2.24, 2.45) is 0 Å². The fourth-order valence-electron chi connectivity index (χ4n) is 1.49. The highest BCUT2D eigenvalue weighted by Gasteiger charge is 2.21. The van der Waals surface area contributed by atoms with Crippen molar-refractivity contribution in [1.29, 1.82) is 5.41 Å². The van der Waals surface area contributed by atoms with E-state index < -0.39 is 28.2 Å². The zero-order chi connectivity index (χ0) is 19.0. The summed E-state index contributed by atoms with van der Waals surface area (Å²) in [6.07, 6.45) is 2.48. The molecule has 0 radical (unpaired) electrons. The normalized spacial score (nSPS) is 12.8. The molecular formula is C16H30F2N4OS. The van der Waals surface area contributed by atoms with E-state index in [1.54, 1.807) is 6.07 Å². The fraction of sp³-hybridized carbons (Fsp3) is 0.625. The van der Waals surface area contributed by atoms with Crippen LogP contribution in [0.4, 0.5) is 14.5 Å². The third kappa shape index (κ3) is 8.44. The zero-order valence-electron chi connectivity index (χ0n) is 15.2.